The fourth-order valence-electron chi connectivity index (χ4n) is 1.70. The molecule has 1 rings (SSSR count). The first-order valence-corrected chi connectivity index (χ1v) is 6.85. The van der Waals surface area contributed by atoms with Crippen LogP contribution >= 0.6 is 0 Å². The van der Waals surface area contributed by atoms with Gasteiger partial charge in [-0.05, 0) is 38.0 Å². The Morgan fingerprint density at radius 2 is 1.58 bits per heavy atom. The highest BCUT2D eigenvalue weighted by Crippen LogP contribution is 2.20. The molecule has 0 aliphatic heterocycles. The standard InChI is InChI=1S/C15H24O4/c1-4-14(16)12-7-9-13(10-8-12)19-11-15(17-5-2)18-6-3/h7-10,14-16H,4-6,11H2,1-3H3. The molecule has 108 valence electrons. The predicted molar refractivity (Wildman–Crippen MR) is 74.2 cm³/mol. The monoisotopic (exact) mass is 268 g/mol. The normalized spacial score (nSPS) is 12.7. The Kier molecular flexibility index (Phi) is 7.48. The second-order valence-electron chi connectivity index (χ2n) is 4.14. The molecule has 1 aromatic carbocycles. The molecule has 4 heteroatoms. The molecule has 0 fully saturated rings. The van der Waals surface area contributed by atoms with Crippen molar-refractivity contribution in [3.63, 3.8) is 0 Å². The Morgan fingerprint density at radius 1 is 1.00 bits per heavy atom. The molecule has 1 atom stereocenters. The van der Waals surface area contributed by atoms with E-state index in [1.54, 1.807) is 0 Å². The SMILES string of the molecule is CCOC(COc1ccc(C(O)CC)cc1)OCC. The summed E-state index contributed by atoms with van der Waals surface area (Å²) in [5.41, 5.74) is 0.904. The summed E-state index contributed by atoms with van der Waals surface area (Å²) in [6, 6.07) is 7.45. The highest BCUT2D eigenvalue weighted by atomic mass is 16.7. The van der Waals surface area contributed by atoms with Crippen LogP contribution in [0.2, 0.25) is 0 Å². The number of aliphatic hydroxyl groups is 1. The van der Waals surface area contributed by atoms with Crippen molar-refractivity contribution >= 4 is 0 Å². The summed E-state index contributed by atoms with van der Waals surface area (Å²) in [6.07, 6.45) is -0.0405. The lowest BCUT2D eigenvalue weighted by Crippen LogP contribution is -2.25. The van der Waals surface area contributed by atoms with Gasteiger partial charge in [0.15, 0.2) is 6.29 Å². The fraction of sp³-hybridized carbons (Fsp3) is 0.600. The van der Waals surface area contributed by atoms with Crippen molar-refractivity contribution in [3.8, 4) is 5.75 Å². The Balaban J connectivity index is 2.48. The molecular formula is C15H24O4. The minimum atomic E-state index is -0.409. The summed E-state index contributed by atoms with van der Waals surface area (Å²) in [5, 5.41) is 9.70. The molecule has 0 aliphatic carbocycles. The first-order chi connectivity index (χ1) is 9.21. The maximum absolute atomic E-state index is 9.70. The summed E-state index contributed by atoms with van der Waals surface area (Å²) in [7, 11) is 0. The van der Waals surface area contributed by atoms with E-state index in [1.807, 2.05) is 45.0 Å². The highest BCUT2D eigenvalue weighted by Gasteiger charge is 2.09. The van der Waals surface area contributed by atoms with Crippen LogP contribution in [0.5, 0.6) is 5.75 Å². The fourth-order valence-corrected chi connectivity index (χ4v) is 1.70. The minimum absolute atomic E-state index is 0.337. The number of ether oxygens (including phenoxy) is 3. The number of aliphatic hydroxyl groups excluding tert-OH is 1. The summed E-state index contributed by atoms with van der Waals surface area (Å²) < 4.78 is 16.4. The van der Waals surface area contributed by atoms with Crippen molar-refractivity contribution in [3.05, 3.63) is 29.8 Å². The van der Waals surface area contributed by atoms with E-state index in [1.165, 1.54) is 0 Å². The van der Waals surface area contributed by atoms with Crippen molar-refractivity contribution < 1.29 is 19.3 Å². The van der Waals surface area contributed by atoms with Crippen LogP contribution in [-0.4, -0.2) is 31.2 Å². The van der Waals surface area contributed by atoms with Gasteiger partial charge in [0.05, 0.1) is 6.10 Å². The topological polar surface area (TPSA) is 47.9 Å². The van der Waals surface area contributed by atoms with Crippen molar-refractivity contribution in [2.45, 2.75) is 39.6 Å². The van der Waals surface area contributed by atoms with E-state index in [-0.39, 0.29) is 6.29 Å². The summed E-state index contributed by atoms with van der Waals surface area (Å²) >= 11 is 0. The van der Waals surface area contributed by atoms with Gasteiger partial charge in [-0.3, -0.25) is 0 Å². The summed E-state index contributed by atoms with van der Waals surface area (Å²) in [4.78, 5) is 0. The van der Waals surface area contributed by atoms with Crippen LogP contribution in [0, 0.1) is 0 Å². The van der Waals surface area contributed by atoms with E-state index >= 15 is 0 Å². The molecular weight excluding hydrogens is 244 g/mol. The molecule has 0 saturated carbocycles. The van der Waals surface area contributed by atoms with Crippen LogP contribution in [0.3, 0.4) is 0 Å². The van der Waals surface area contributed by atoms with E-state index in [0.717, 1.165) is 11.3 Å². The van der Waals surface area contributed by atoms with Crippen LogP contribution in [0.4, 0.5) is 0 Å². The molecule has 1 aromatic rings. The maximum atomic E-state index is 9.70. The van der Waals surface area contributed by atoms with Crippen LogP contribution in [0.25, 0.3) is 0 Å². The lowest BCUT2D eigenvalue weighted by Gasteiger charge is -2.17. The van der Waals surface area contributed by atoms with Gasteiger partial charge in [0.25, 0.3) is 0 Å². The smallest absolute Gasteiger partial charge is 0.191 e. The first kappa shape index (κ1) is 16.0. The van der Waals surface area contributed by atoms with Crippen molar-refractivity contribution in [2.75, 3.05) is 19.8 Å². The summed E-state index contributed by atoms with van der Waals surface area (Å²) in [5.74, 6) is 0.747. The Labute approximate surface area is 115 Å². The zero-order chi connectivity index (χ0) is 14.1. The average molecular weight is 268 g/mol. The van der Waals surface area contributed by atoms with Gasteiger partial charge < -0.3 is 19.3 Å². The van der Waals surface area contributed by atoms with Crippen molar-refractivity contribution in [1.82, 2.24) is 0 Å². The third-order valence-electron chi connectivity index (χ3n) is 2.74. The average Bonchev–Trinajstić information content (AvgIpc) is 2.45. The largest absolute Gasteiger partial charge is 0.488 e. The van der Waals surface area contributed by atoms with Crippen LogP contribution < -0.4 is 4.74 Å². The maximum Gasteiger partial charge on any atom is 0.191 e. The molecule has 4 nitrogen and oxygen atoms in total. The second-order valence-corrected chi connectivity index (χ2v) is 4.14. The van der Waals surface area contributed by atoms with Gasteiger partial charge in [0.2, 0.25) is 0 Å². The van der Waals surface area contributed by atoms with Gasteiger partial charge in [-0.25, -0.2) is 0 Å². The molecule has 0 radical (unpaired) electrons. The highest BCUT2D eigenvalue weighted by molar-refractivity contribution is 5.28. The quantitative estimate of drug-likeness (QED) is 0.700. The Bertz CT molecular complexity index is 331. The van der Waals surface area contributed by atoms with Gasteiger partial charge in [0, 0.05) is 13.2 Å². The zero-order valence-electron chi connectivity index (χ0n) is 12.0. The van der Waals surface area contributed by atoms with E-state index in [2.05, 4.69) is 0 Å². The van der Waals surface area contributed by atoms with Gasteiger partial charge in [-0.2, -0.15) is 0 Å². The molecule has 1 N–H and O–H groups in total. The third kappa shape index (κ3) is 5.59. The number of hydrogen-bond donors (Lipinski definition) is 1. The zero-order valence-corrected chi connectivity index (χ0v) is 12.0. The van der Waals surface area contributed by atoms with Crippen LogP contribution in [0.15, 0.2) is 24.3 Å². The molecule has 19 heavy (non-hydrogen) atoms. The molecule has 0 bridgehead atoms. The van der Waals surface area contributed by atoms with Gasteiger partial charge in [-0.1, -0.05) is 19.1 Å². The van der Waals surface area contributed by atoms with Crippen molar-refractivity contribution in [1.29, 1.82) is 0 Å². The van der Waals surface area contributed by atoms with E-state index in [9.17, 15) is 5.11 Å². The van der Waals surface area contributed by atoms with Gasteiger partial charge in [-0.15, -0.1) is 0 Å². The van der Waals surface area contributed by atoms with Crippen LogP contribution in [-0.2, 0) is 9.47 Å². The van der Waals surface area contributed by atoms with Crippen molar-refractivity contribution in [2.24, 2.45) is 0 Å². The number of benzene rings is 1. The second kappa shape index (κ2) is 8.91. The molecule has 0 aliphatic rings. The molecule has 0 amide bonds. The molecule has 0 spiro atoms. The van der Waals surface area contributed by atoms with E-state index < -0.39 is 6.10 Å². The molecule has 0 saturated heterocycles. The number of hydrogen-bond acceptors (Lipinski definition) is 4. The van der Waals surface area contributed by atoms with E-state index in [0.29, 0.717) is 26.2 Å². The molecule has 0 heterocycles. The van der Waals surface area contributed by atoms with Gasteiger partial charge >= 0.3 is 0 Å². The lowest BCUT2D eigenvalue weighted by molar-refractivity contribution is -0.152. The van der Waals surface area contributed by atoms with Crippen LogP contribution in [0.1, 0.15) is 38.9 Å². The third-order valence-corrected chi connectivity index (χ3v) is 2.74. The first-order valence-electron chi connectivity index (χ1n) is 6.85. The molecule has 1 unspecified atom stereocenters. The Hall–Kier alpha value is -1.10. The minimum Gasteiger partial charge on any atom is -0.488 e. The van der Waals surface area contributed by atoms with E-state index in [4.69, 9.17) is 14.2 Å². The predicted octanol–water partition coefficient (Wildman–Crippen LogP) is 2.91. The lowest BCUT2D eigenvalue weighted by atomic mass is 10.1. The molecule has 0 aromatic heterocycles. The number of rotatable bonds is 9. The van der Waals surface area contributed by atoms with Gasteiger partial charge in [0.1, 0.15) is 12.4 Å². The Morgan fingerprint density at radius 3 is 2.05 bits per heavy atom. The summed E-state index contributed by atoms with van der Waals surface area (Å²) in [6.45, 7) is 7.34.